The van der Waals surface area contributed by atoms with E-state index < -0.39 is 0 Å². The SMILES string of the molecule is CC(C)CN1CCN(c2ccc(C(N)=NO)cn2)CC1. The van der Waals surface area contributed by atoms with Crippen molar-refractivity contribution in [2.24, 2.45) is 16.8 Å². The largest absolute Gasteiger partial charge is 0.409 e. The van der Waals surface area contributed by atoms with Gasteiger partial charge in [-0.05, 0) is 18.1 Å². The molecular weight excluding hydrogens is 254 g/mol. The van der Waals surface area contributed by atoms with Gasteiger partial charge in [0, 0.05) is 44.5 Å². The van der Waals surface area contributed by atoms with Crippen molar-refractivity contribution in [3.05, 3.63) is 23.9 Å². The van der Waals surface area contributed by atoms with Gasteiger partial charge in [0.2, 0.25) is 0 Å². The van der Waals surface area contributed by atoms with Gasteiger partial charge in [0.15, 0.2) is 5.84 Å². The third kappa shape index (κ3) is 3.60. The minimum absolute atomic E-state index is 0.0887. The average Bonchev–Trinajstić information content (AvgIpc) is 2.47. The molecule has 0 saturated carbocycles. The number of amidine groups is 1. The summed E-state index contributed by atoms with van der Waals surface area (Å²) >= 11 is 0. The van der Waals surface area contributed by atoms with Crippen LogP contribution in [-0.4, -0.2) is 53.7 Å². The van der Waals surface area contributed by atoms with Crippen LogP contribution in [-0.2, 0) is 0 Å². The van der Waals surface area contributed by atoms with Crippen LogP contribution >= 0.6 is 0 Å². The second kappa shape index (κ2) is 6.56. The average molecular weight is 277 g/mol. The molecule has 1 saturated heterocycles. The summed E-state index contributed by atoms with van der Waals surface area (Å²) in [6, 6.07) is 3.75. The standard InChI is InChI=1S/C14H23N5O/c1-11(2)10-18-5-7-19(8-6-18)13-4-3-12(9-16-13)14(15)17-20/h3-4,9,11,20H,5-8,10H2,1-2H3,(H2,15,17). The van der Waals surface area contributed by atoms with E-state index in [0.717, 1.165) is 38.5 Å². The van der Waals surface area contributed by atoms with Crippen LogP contribution in [0.3, 0.4) is 0 Å². The summed E-state index contributed by atoms with van der Waals surface area (Å²) in [4.78, 5) is 9.16. The molecule has 6 nitrogen and oxygen atoms in total. The fourth-order valence-corrected chi connectivity index (χ4v) is 2.46. The smallest absolute Gasteiger partial charge is 0.171 e. The molecule has 1 fully saturated rings. The normalized spacial score (nSPS) is 17.8. The van der Waals surface area contributed by atoms with Crippen molar-refractivity contribution in [3.8, 4) is 0 Å². The van der Waals surface area contributed by atoms with Gasteiger partial charge in [-0.15, -0.1) is 0 Å². The first-order chi connectivity index (χ1) is 9.60. The summed E-state index contributed by atoms with van der Waals surface area (Å²) in [5.74, 6) is 1.74. The van der Waals surface area contributed by atoms with Crippen LogP contribution in [0.5, 0.6) is 0 Å². The van der Waals surface area contributed by atoms with Crippen LogP contribution in [0.4, 0.5) is 5.82 Å². The lowest BCUT2D eigenvalue weighted by molar-refractivity contribution is 0.231. The monoisotopic (exact) mass is 277 g/mol. The van der Waals surface area contributed by atoms with Crippen molar-refractivity contribution in [3.63, 3.8) is 0 Å². The Morgan fingerprint density at radius 3 is 2.55 bits per heavy atom. The Bertz CT molecular complexity index is 449. The van der Waals surface area contributed by atoms with Crippen molar-refractivity contribution in [1.82, 2.24) is 9.88 Å². The summed E-state index contributed by atoms with van der Waals surface area (Å²) in [5.41, 5.74) is 6.16. The summed E-state index contributed by atoms with van der Waals surface area (Å²) in [6.07, 6.45) is 1.64. The molecule has 1 aromatic heterocycles. The van der Waals surface area contributed by atoms with Gasteiger partial charge in [-0.25, -0.2) is 4.98 Å². The van der Waals surface area contributed by atoms with Gasteiger partial charge in [-0.3, -0.25) is 4.90 Å². The van der Waals surface area contributed by atoms with E-state index in [9.17, 15) is 0 Å². The van der Waals surface area contributed by atoms with Crippen molar-refractivity contribution in [1.29, 1.82) is 0 Å². The van der Waals surface area contributed by atoms with Crippen molar-refractivity contribution in [2.45, 2.75) is 13.8 Å². The lowest BCUT2D eigenvalue weighted by Gasteiger charge is -2.36. The molecule has 0 unspecified atom stereocenters. The maximum Gasteiger partial charge on any atom is 0.171 e. The first kappa shape index (κ1) is 14.6. The number of aromatic nitrogens is 1. The molecule has 0 aromatic carbocycles. The highest BCUT2D eigenvalue weighted by Gasteiger charge is 2.18. The summed E-state index contributed by atoms with van der Waals surface area (Å²) in [6.45, 7) is 9.78. The lowest BCUT2D eigenvalue weighted by atomic mass is 10.2. The molecule has 0 atom stereocenters. The second-order valence-electron chi connectivity index (χ2n) is 5.57. The van der Waals surface area contributed by atoms with Crippen LogP contribution in [0.25, 0.3) is 0 Å². The maximum atomic E-state index is 8.63. The zero-order chi connectivity index (χ0) is 14.5. The zero-order valence-electron chi connectivity index (χ0n) is 12.2. The first-order valence-corrected chi connectivity index (χ1v) is 7.01. The number of pyridine rings is 1. The third-order valence-corrected chi connectivity index (χ3v) is 3.47. The van der Waals surface area contributed by atoms with Gasteiger partial charge in [0.1, 0.15) is 5.82 Å². The predicted molar refractivity (Wildman–Crippen MR) is 80.2 cm³/mol. The molecule has 1 aliphatic heterocycles. The predicted octanol–water partition coefficient (Wildman–Crippen LogP) is 0.954. The third-order valence-electron chi connectivity index (χ3n) is 3.47. The molecule has 0 aliphatic carbocycles. The highest BCUT2D eigenvalue weighted by molar-refractivity contribution is 5.96. The second-order valence-corrected chi connectivity index (χ2v) is 5.57. The van der Waals surface area contributed by atoms with E-state index in [1.54, 1.807) is 6.20 Å². The van der Waals surface area contributed by atoms with E-state index in [0.29, 0.717) is 11.5 Å². The number of nitrogens with two attached hydrogens (primary N) is 1. The number of oxime groups is 1. The van der Waals surface area contributed by atoms with Gasteiger partial charge >= 0.3 is 0 Å². The number of nitrogens with zero attached hydrogens (tertiary/aromatic N) is 4. The zero-order valence-corrected chi connectivity index (χ0v) is 12.2. The molecule has 1 aliphatic rings. The Balaban J connectivity index is 1.94. The van der Waals surface area contributed by atoms with Gasteiger partial charge < -0.3 is 15.8 Å². The highest BCUT2D eigenvalue weighted by atomic mass is 16.4. The Hall–Kier alpha value is -1.82. The quantitative estimate of drug-likeness (QED) is 0.371. The number of rotatable bonds is 4. The molecule has 0 amide bonds. The molecule has 6 heteroatoms. The molecule has 110 valence electrons. The Kier molecular flexibility index (Phi) is 4.79. The Morgan fingerprint density at radius 2 is 2.05 bits per heavy atom. The molecule has 2 heterocycles. The van der Waals surface area contributed by atoms with Crippen molar-refractivity contribution in [2.75, 3.05) is 37.6 Å². The molecule has 0 radical (unpaired) electrons. The molecule has 3 N–H and O–H groups in total. The van der Waals surface area contributed by atoms with Gasteiger partial charge in [0.25, 0.3) is 0 Å². The van der Waals surface area contributed by atoms with Crippen molar-refractivity contribution >= 4 is 11.7 Å². The van der Waals surface area contributed by atoms with E-state index in [-0.39, 0.29) is 5.84 Å². The number of piperazine rings is 1. The molecule has 0 spiro atoms. The van der Waals surface area contributed by atoms with E-state index in [1.165, 1.54) is 0 Å². The van der Waals surface area contributed by atoms with E-state index in [2.05, 4.69) is 33.8 Å². The number of hydrogen-bond acceptors (Lipinski definition) is 5. The Labute approximate surface area is 119 Å². The Morgan fingerprint density at radius 1 is 1.35 bits per heavy atom. The minimum Gasteiger partial charge on any atom is -0.409 e. The summed E-state index contributed by atoms with van der Waals surface area (Å²) < 4.78 is 0. The fourth-order valence-electron chi connectivity index (χ4n) is 2.46. The molecule has 2 rings (SSSR count). The van der Waals surface area contributed by atoms with E-state index in [1.807, 2.05) is 12.1 Å². The van der Waals surface area contributed by atoms with E-state index in [4.69, 9.17) is 10.9 Å². The minimum atomic E-state index is 0.0887. The lowest BCUT2D eigenvalue weighted by Crippen LogP contribution is -2.47. The molecule has 20 heavy (non-hydrogen) atoms. The maximum absolute atomic E-state index is 8.63. The van der Waals surface area contributed by atoms with Gasteiger partial charge in [-0.2, -0.15) is 0 Å². The first-order valence-electron chi connectivity index (χ1n) is 7.01. The highest BCUT2D eigenvalue weighted by Crippen LogP contribution is 2.14. The van der Waals surface area contributed by atoms with Crippen molar-refractivity contribution < 1.29 is 5.21 Å². The van der Waals surface area contributed by atoms with Crippen LogP contribution in [0.2, 0.25) is 0 Å². The number of hydrogen-bond donors (Lipinski definition) is 2. The topological polar surface area (TPSA) is 78.0 Å². The van der Waals surface area contributed by atoms with Crippen LogP contribution in [0.1, 0.15) is 19.4 Å². The van der Waals surface area contributed by atoms with Crippen LogP contribution in [0.15, 0.2) is 23.5 Å². The fraction of sp³-hybridized carbons (Fsp3) is 0.571. The van der Waals surface area contributed by atoms with Crippen LogP contribution in [0, 0.1) is 5.92 Å². The number of anilines is 1. The summed E-state index contributed by atoms with van der Waals surface area (Å²) in [7, 11) is 0. The van der Waals surface area contributed by atoms with E-state index >= 15 is 0 Å². The molecule has 0 bridgehead atoms. The molecule has 1 aromatic rings. The van der Waals surface area contributed by atoms with Gasteiger partial charge in [-0.1, -0.05) is 19.0 Å². The molecular formula is C14H23N5O. The van der Waals surface area contributed by atoms with Crippen LogP contribution < -0.4 is 10.6 Å². The summed E-state index contributed by atoms with van der Waals surface area (Å²) in [5, 5.41) is 11.6. The van der Waals surface area contributed by atoms with Gasteiger partial charge in [0.05, 0.1) is 0 Å².